The first kappa shape index (κ1) is 27.6. The van der Waals surface area contributed by atoms with Gasteiger partial charge in [-0.15, -0.1) is 0 Å². The number of nitrogens with one attached hydrogen (secondary N) is 2. The molecule has 1 aromatic heterocycles. The third-order valence-electron chi connectivity index (χ3n) is 5.93. The highest BCUT2D eigenvalue weighted by Crippen LogP contribution is 2.45. The predicted octanol–water partition coefficient (Wildman–Crippen LogP) is -4.14. The second kappa shape index (κ2) is 11.0. The summed E-state index contributed by atoms with van der Waals surface area (Å²) in [4.78, 5) is 35.4. The lowest BCUT2D eigenvalue weighted by molar-refractivity contribution is -0.346. The minimum absolute atomic E-state index is 0.158. The molecule has 9 N–H and O–H groups in total. The van der Waals surface area contributed by atoms with Gasteiger partial charge < -0.3 is 54.9 Å². The van der Waals surface area contributed by atoms with E-state index < -0.39 is 90.7 Å². The number of carboxylic acid groups (broad SMARTS) is 1. The molecule has 200 valence electrons. The summed E-state index contributed by atoms with van der Waals surface area (Å²) in [5.74, 6) is -4.19. The number of allylic oxidation sites excluding steroid dienone is 1. The van der Waals surface area contributed by atoms with Crippen molar-refractivity contribution in [1.82, 2.24) is 9.97 Å². The molecule has 36 heavy (non-hydrogen) atoms. The van der Waals surface area contributed by atoms with Crippen LogP contribution in [0.2, 0.25) is 0 Å². The zero-order valence-corrected chi connectivity index (χ0v) is 18.3. The molecular formula is C20H25FN2O13. The van der Waals surface area contributed by atoms with E-state index in [0.29, 0.717) is 6.20 Å². The van der Waals surface area contributed by atoms with E-state index in [9.17, 15) is 54.5 Å². The molecule has 3 aliphatic rings. The molecule has 4 rings (SSSR count). The minimum atomic E-state index is -1.85. The van der Waals surface area contributed by atoms with Gasteiger partial charge in [-0.3, -0.25) is 9.78 Å². The number of ether oxygens (including phenoxy) is 3. The molecule has 1 aromatic rings. The summed E-state index contributed by atoms with van der Waals surface area (Å²) in [6.45, 7) is -1.40. The smallest absolute Gasteiger partial charge is 0.335 e. The largest absolute Gasteiger partial charge is 0.478 e. The molecule has 3 heterocycles. The van der Waals surface area contributed by atoms with Crippen LogP contribution in [-0.4, -0.2) is 107 Å². The molecule has 1 aliphatic carbocycles. The Bertz CT molecular complexity index is 1120. The van der Waals surface area contributed by atoms with Crippen LogP contribution >= 0.6 is 0 Å². The second-order valence-corrected chi connectivity index (χ2v) is 8.20. The third kappa shape index (κ3) is 5.40. The number of carbonyl (C=O) groups is 1. The van der Waals surface area contributed by atoms with E-state index in [1.54, 1.807) is 4.98 Å². The number of H-pyrrole nitrogens is 2. The lowest BCUT2D eigenvalue weighted by atomic mass is 9.79. The molecule has 1 unspecified atom stereocenters. The van der Waals surface area contributed by atoms with E-state index >= 15 is 0 Å². The Morgan fingerprint density at radius 1 is 1.14 bits per heavy atom. The Balaban J connectivity index is 0.000000338. The maximum atomic E-state index is 12.0. The van der Waals surface area contributed by atoms with E-state index in [1.165, 1.54) is 12.2 Å². The van der Waals surface area contributed by atoms with Crippen molar-refractivity contribution in [3.8, 4) is 0 Å². The van der Waals surface area contributed by atoms with Gasteiger partial charge in [-0.25, -0.2) is 9.59 Å². The van der Waals surface area contributed by atoms with Gasteiger partial charge in [0.2, 0.25) is 12.1 Å². The van der Waals surface area contributed by atoms with Crippen molar-refractivity contribution in [2.24, 2.45) is 11.8 Å². The Morgan fingerprint density at radius 2 is 1.83 bits per heavy atom. The number of aliphatic hydroxyl groups is 6. The quantitative estimate of drug-likeness (QED) is 0.167. The molecule has 0 saturated carbocycles. The van der Waals surface area contributed by atoms with Crippen molar-refractivity contribution in [3.05, 3.63) is 56.8 Å². The van der Waals surface area contributed by atoms with Crippen molar-refractivity contribution in [3.63, 3.8) is 0 Å². The first-order valence-electron chi connectivity index (χ1n) is 10.5. The van der Waals surface area contributed by atoms with Crippen LogP contribution < -0.4 is 11.2 Å². The highest BCUT2D eigenvalue weighted by atomic mass is 19.1. The van der Waals surface area contributed by atoms with E-state index in [2.05, 4.69) is 0 Å². The Hall–Kier alpha value is -2.96. The van der Waals surface area contributed by atoms with Crippen LogP contribution in [0.1, 0.15) is 0 Å². The maximum absolute atomic E-state index is 12.0. The fourth-order valence-electron chi connectivity index (χ4n) is 3.99. The van der Waals surface area contributed by atoms with Crippen molar-refractivity contribution < 1.29 is 59.1 Å². The van der Waals surface area contributed by atoms with Crippen LogP contribution in [0.5, 0.6) is 0 Å². The number of aliphatic hydroxyl groups excluding tert-OH is 5. The lowest BCUT2D eigenvalue weighted by Crippen LogP contribution is -2.61. The van der Waals surface area contributed by atoms with Gasteiger partial charge in [0, 0.05) is 12.1 Å². The molecule has 1 saturated heterocycles. The monoisotopic (exact) mass is 520 g/mol. The Kier molecular flexibility index (Phi) is 8.42. The topological polar surface area (TPSA) is 252 Å². The van der Waals surface area contributed by atoms with Gasteiger partial charge in [0.25, 0.3) is 5.56 Å². The van der Waals surface area contributed by atoms with Crippen molar-refractivity contribution >= 4 is 5.97 Å². The first-order valence-corrected chi connectivity index (χ1v) is 10.5. The van der Waals surface area contributed by atoms with E-state index in [-0.39, 0.29) is 5.57 Å². The lowest BCUT2D eigenvalue weighted by Gasteiger charge is -2.44. The van der Waals surface area contributed by atoms with Crippen LogP contribution in [-0.2, 0) is 19.0 Å². The first-order chi connectivity index (χ1) is 16.9. The molecule has 9 atom stereocenters. The summed E-state index contributed by atoms with van der Waals surface area (Å²) in [7, 11) is 0. The number of hydrogen-bond acceptors (Lipinski definition) is 12. The van der Waals surface area contributed by atoms with Gasteiger partial charge in [0.1, 0.15) is 30.0 Å². The summed E-state index contributed by atoms with van der Waals surface area (Å²) < 4.78 is 28.0. The number of aromatic amines is 2. The van der Waals surface area contributed by atoms with Crippen molar-refractivity contribution in [2.45, 2.75) is 42.6 Å². The van der Waals surface area contributed by atoms with Gasteiger partial charge in [-0.1, -0.05) is 12.2 Å². The fourth-order valence-corrected chi connectivity index (χ4v) is 3.99. The molecule has 0 spiro atoms. The molecule has 0 amide bonds. The number of aromatic nitrogens is 2. The zero-order chi connectivity index (χ0) is 26.8. The van der Waals surface area contributed by atoms with Crippen molar-refractivity contribution in [2.75, 3.05) is 13.2 Å². The average molecular weight is 520 g/mol. The maximum Gasteiger partial charge on any atom is 0.335 e. The minimum Gasteiger partial charge on any atom is -0.478 e. The highest BCUT2D eigenvalue weighted by Gasteiger charge is 2.55. The predicted molar refractivity (Wildman–Crippen MR) is 111 cm³/mol. The molecular weight excluding hydrogens is 495 g/mol. The zero-order valence-electron chi connectivity index (χ0n) is 18.3. The van der Waals surface area contributed by atoms with Crippen LogP contribution in [0, 0.1) is 17.7 Å². The normalized spacial score (nSPS) is 37.2. The highest BCUT2D eigenvalue weighted by molar-refractivity contribution is 5.87. The number of fused-ring (bicyclic) bond motifs is 1. The summed E-state index contributed by atoms with van der Waals surface area (Å²) in [6.07, 6.45) is -4.77. The molecule has 2 aliphatic heterocycles. The van der Waals surface area contributed by atoms with E-state index in [4.69, 9.17) is 14.2 Å². The van der Waals surface area contributed by atoms with Crippen LogP contribution in [0.15, 0.2) is 39.8 Å². The molecule has 0 radical (unpaired) electrons. The van der Waals surface area contributed by atoms with Crippen LogP contribution in [0.3, 0.4) is 0 Å². The number of rotatable bonds is 5. The van der Waals surface area contributed by atoms with E-state index in [0.717, 1.165) is 6.26 Å². The van der Waals surface area contributed by atoms with Crippen LogP contribution in [0.4, 0.5) is 4.39 Å². The number of halogens is 1. The molecule has 1 fully saturated rings. The fraction of sp³-hybridized carbons (Fsp3) is 0.550. The number of carboxylic acids is 1. The molecule has 0 bridgehead atoms. The molecule has 16 heteroatoms. The number of hydrogen-bond donors (Lipinski definition) is 9. The Labute approximate surface area is 200 Å². The number of aliphatic carboxylic acids is 1. The van der Waals surface area contributed by atoms with Crippen LogP contribution in [0.25, 0.3) is 0 Å². The summed E-state index contributed by atoms with van der Waals surface area (Å²) in [5, 5.41) is 68.4. The molecule has 0 aromatic carbocycles. The van der Waals surface area contributed by atoms with Gasteiger partial charge in [0.05, 0.1) is 31.0 Å². The Morgan fingerprint density at radius 3 is 2.39 bits per heavy atom. The summed E-state index contributed by atoms with van der Waals surface area (Å²) in [6, 6.07) is 0. The van der Waals surface area contributed by atoms with Crippen molar-refractivity contribution in [1.29, 1.82) is 0 Å². The third-order valence-corrected chi connectivity index (χ3v) is 5.93. The average Bonchev–Trinajstić information content (AvgIpc) is 3.20. The summed E-state index contributed by atoms with van der Waals surface area (Å²) in [5.41, 5.74) is -3.72. The van der Waals surface area contributed by atoms with Gasteiger partial charge in [-0.05, 0) is 0 Å². The second-order valence-electron chi connectivity index (χ2n) is 8.20. The standard InChI is InChI=1S/C16H22O11.C4H3FN2O2/c17-3-8-10(19)11(20)12(21)15(26-8)27-14-9-6(1-2-16(9,24)5-18)7(4-25-14)13(22)23;5-2-1-6-4(9)7-3(2)8/h1-2,4,6,8-12,14-15,17-21,24H,3,5H2,(H,22,23);1H,(H2,6,7,8,9)/t6-,8-,9?,10-,11+,12-,14+,15+,16+;/m1./s1. The van der Waals surface area contributed by atoms with Gasteiger partial charge in [-0.2, -0.15) is 4.39 Å². The van der Waals surface area contributed by atoms with E-state index in [1.807, 2.05) is 4.98 Å². The van der Waals surface area contributed by atoms with Gasteiger partial charge in [0.15, 0.2) is 6.29 Å². The SMILES string of the molecule is O=C(O)C1=CO[C@@H](O[C@@H]2O[C@H](CO)[C@@H](O)[C@H](O)[C@H]2O)C2[C@@H]1C=C[C@]2(O)CO.O=c1[nH]cc(F)c(=O)[nH]1. The summed E-state index contributed by atoms with van der Waals surface area (Å²) >= 11 is 0. The molecule has 15 nitrogen and oxygen atoms in total. The van der Waals surface area contributed by atoms with Gasteiger partial charge >= 0.3 is 11.7 Å².